The van der Waals surface area contributed by atoms with Crippen molar-refractivity contribution >= 4 is 11.4 Å². The van der Waals surface area contributed by atoms with Crippen LogP contribution in [-0.2, 0) is 6.54 Å². The molecule has 5 nitrogen and oxygen atoms in total. The van der Waals surface area contributed by atoms with Gasteiger partial charge in [-0.2, -0.15) is 5.10 Å². The van der Waals surface area contributed by atoms with E-state index in [9.17, 15) is 5.11 Å². The Morgan fingerprint density at radius 2 is 2.00 bits per heavy atom. The summed E-state index contributed by atoms with van der Waals surface area (Å²) in [5.41, 5.74) is 3.54. The van der Waals surface area contributed by atoms with Gasteiger partial charge < -0.3 is 15.3 Å². The SMILES string of the molecule is CC(C)n1cc(CNc2ccccc2N2CCC(O)CC2)cn1. The van der Waals surface area contributed by atoms with Crippen molar-refractivity contribution in [3.63, 3.8) is 0 Å². The summed E-state index contributed by atoms with van der Waals surface area (Å²) in [7, 11) is 0. The molecule has 0 atom stereocenters. The Hall–Kier alpha value is -2.01. The average Bonchev–Trinajstić information content (AvgIpc) is 3.03. The molecule has 1 aliphatic heterocycles. The molecule has 0 spiro atoms. The van der Waals surface area contributed by atoms with Gasteiger partial charge in [-0.1, -0.05) is 12.1 Å². The Labute approximate surface area is 137 Å². The fourth-order valence-corrected chi connectivity index (χ4v) is 2.95. The van der Waals surface area contributed by atoms with E-state index in [4.69, 9.17) is 0 Å². The van der Waals surface area contributed by atoms with Gasteiger partial charge in [0.05, 0.1) is 23.7 Å². The lowest BCUT2D eigenvalue weighted by Crippen LogP contribution is -2.36. The maximum absolute atomic E-state index is 9.69. The van der Waals surface area contributed by atoms with Crippen molar-refractivity contribution in [2.75, 3.05) is 23.3 Å². The number of nitrogens with zero attached hydrogens (tertiary/aromatic N) is 3. The summed E-state index contributed by atoms with van der Waals surface area (Å²) in [6, 6.07) is 8.78. The second-order valence-electron chi connectivity index (χ2n) is 6.51. The van der Waals surface area contributed by atoms with Crippen LogP contribution in [0.2, 0.25) is 0 Å². The van der Waals surface area contributed by atoms with Gasteiger partial charge in [-0.05, 0) is 38.8 Å². The Kier molecular flexibility index (Phi) is 4.86. The van der Waals surface area contributed by atoms with Gasteiger partial charge in [0, 0.05) is 37.4 Å². The van der Waals surface area contributed by atoms with Crippen LogP contribution in [0.1, 0.15) is 38.3 Å². The number of anilines is 2. The molecule has 0 radical (unpaired) electrons. The molecule has 1 aromatic heterocycles. The van der Waals surface area contributed by atoms with Crippen molar-refractivity contribution < 1.29 is 5.11 Å². The molecule has 1 aromatic carbocycles. The minimum Gasteiger partial charge on any atom is -0.393 e. The second-order valence-corrected chi connectivity index (χ2v) is 6.51. The van der Waals surface area contributed by atoms with E-state index in [0.717, 1.165) is 38.2 Å². The number of aromatic nitrogens is 2. The highest BCUT2D eigenvalue weighted by Gasteiger charge is 2.19. The zero-order valence-corrected chi connectivity index (χ0v) is 13.9. The van der Waals surface area contributed by atoms with Crippen molar-refractivity contribution in [1.29, 1.82) is 0 Å². The number of aliphatic hydroxyl groups is 1. The van der Waals surface area contributed by atoms with Gasteiger partial charge >= 0.3 is 0 Å². The van der Waals surface area contributed by atoms with E-state index in [1.807, 2.05) is 10.9 Å². The number of hydrogen-bond donors (Lipinski definition) is 2. The molecular weight excluding hydrogens is 288 g/mol. The average molecular weight is 314 g/mol. The molecule has 1 fully saturated rings. The van der Waals surface area contributed by atoms with Gasteiger partial charge in [-0.3, -0.25) is 4.68 Å². The normalized spacial score (nSPS) is 16.1. The number of benzene rings is 1. The first kappa shape index (κ1) is 15.9. The monoisotopic (exact) mass is 314 g/mol. The second kappa shape index (κ2) is 7.04. The standard InChI is InChI=1S/C18H26N4O/c1-14(2)22-13-15(12-20-22)11-19-17-5-3-4-6-18(17)21-9-7-16(23)8-10-21/h3-6,12-14,16,19,23H,7-11H2,1-2H3. The summed E-state index contributed by atoms with van der Waals surface area (Å²) in [4.78, 5) is 2.35. The number of piperidine rings is 1. The van der Waals surface area contributed by atoms with Crippen molar-refractivity contribution in [3.8, 4) is 0 Å². The zero-order chi connectivity index (χ0) is 16.2. The zero-order valence-electron chi connectivity index (χ0n) is 13.9. The molecule has 3 rings (SSSR count). The van der Waals surface area contributed by atoms with E-state index < -0.39 is 0 Å². The summed E-state index contributed by atoms with van der Waals surface area (Å²) in [6.45, 7) is 6.84. The van der Waals surface area contributed by atoms with Crippen molar-refractivity contribution in [3.05, 3.63) is 42.2 Å². The predicted molar refractivity (Wildman–Crippen MR) is 93.8 cm³/mol. The van der Waals surface area contributed by atoms with Crippen LogP contribution in [0.3, 0.4) is 0 Å². The van der Waals surface area contributed by atoms with Crippen LogP contribution < -0.4 is 10.2 Å². The van der Waals surface area contributed by atoms with Gasteiger partial charge in [0.25, 0.3) is 0 Å². The highest BCUT2D eigenvalue weighted by molar-refractivity contribution is 5.70. The van der Waals surface area contributed by atoms with E-state index in [-0.39, 0.29) is 6.10 Å². The smallest absolute Gasteiger partial charge is 0.0602 e. The third-order valence-electron chi connectivity index (χ3n) is 4.38. The first-order valence-corrected chi connectivity index (χ1v) is 8.42. The van der Waals surface area contributed by atoms with E-state index in [1.165, 1.54) is 11.3 Å². The molecule has 1 aliphatic rings. The maximum Gasteiger partial charge on any atom is 0.0602 e. The molecule has 2 N–H and O–H groups in total. The van der Waals surface area contributed by atoms with Crippen LogP contribution in [0.4, 0.5) is 11.4 Å². The summed E-state index contributed by atoms with van der Waals surface area (Å²) >= 11 is 0. The lowest BCUT2D eigenvalue weighted by atomic mass is 10.1. The Bertz CT molecular complexity index is 629. The number of nitrogens with one attached hydrogen (secondary N) is 1. The fraction of sp³-hybridized carbons (Fsp3) is 0.500. The largest absolute Gasteiger partial charge is 0.393 e. The van der Waals surface area contributed by atoms with Gasteiger partial charge in [-0.25, -0.2) is 0 Å². The summed E-state index contributed by atoms with van der Waals surface area (Å²) in [6.07, 6.45) is 5.56. The minimum absolute atomic E-state index is 0.145. The predicted octanol–water partition coefficient (Wildman–Crippen LogP) is 3.04. The van der Waals surface area contributed by atoms with Crippen molar-refractivity contribution in [1.82, 2.24) is 9.78 Å². The van der Waals surface area contributed by atoms with Gasteiger partial charge in [0.2, 0.25) is 0 Å². The van der Waals surface area contributed by atoms with Gasteiger partial charge in [0.1, 0.15) is 0 Å². The number of aliphatic hydroxyl groups excluding tert-OH is 1. The van der Waals surface area contributed by atoms with Gasteiger partial charge in [0.15, 0.2) is 0 Å². The Morgan fingerprint density at radius 3 is 2.70 bits per heavy atom. The number of hydrogen-bond acceptors (Lipinski definition) is 4. The molecule has 0 amide bonds. The molecule has 1 saturated heterocycles. The Balaban J connectivity index is 1.68. The van der Waals surface area contributed by atoms with Gasteiger partial charge in [-0.15, -0.1) is 0 Å². The maximum atomic E-state index is 9.69. The first-order valence-electron chi connectivity index (χ1n) is 8.42. The van der Waals surface area contributed by atoms with Crippen molar-refractivity contribution in [2.45, 2.75) is 45.4 Å². The van der Waals surface area contributed by atoms with Crippen LogP contribution in [0, 0.1) is 0 Å². The van der Waals surface area contributed by atoms with E-state index in [2.05, 4.69) is 59.6 Å². The lowest BCUT2D eigenvalue weighted by molar-refractivity contribution is 0.145. The topological polar surface area (TPSA) is 53.3 Å². The number of rotatable bonds is 5. The molecule has 5 heteroatoms. The molecule has 124 valence electrons. The van der Waals surface area contributed by atoms with E-state index in [1.54, 1.807) is 0 Å². The number of para-hydroxylation sites is 2. The molecule has 0 saturated carbocycles. The summed E-state index contributed by atoms with van der Waals surface area (Å²) in [5, 5.41) is 17.6. The van der Waals surface area contributed by atoms with Crippen LogP contribution in [0.25, 0.3) is 0 Å². The molecule has 0 aliphatic carbocycles. The highest BCUT2D eigenvalue weighted by atomic mass is 16.3. The molecular formula is C18H26N4O. The first-order chi connectivity index (χ1) is 11.1. The van der Waals surface area contributed by atoms with Crippen molar-refractivity contribution in [2.24, 2.45) is 0 Å². The molecule has 0 bridgehead atoms. The summed E-state index contributed by atoms with van der Waals surface area (Å²) in [5.74, 6) is 0. The van der Waals surface area contributed by atoms with Crippen LogP contribution in [-0.4, -0.2) is 34.1 Å². The third kappa shape index (κ3) is 3.85. The third-order valence-corrected chi connectivity index (χ3v) is 4.38. The van der Waals surface area contributed by atoms with Crippen LogP contribution in [0.5, 0.6) is 0 Å². The molecule has 0 unspecified atom stereocenters. The lowest BCUT2D eigenvalue weighted by Gasteiger charge is -2.33. The molecule has 23 heavy (non-hydrogen) atoms. The highest BCUT2D eigenvalue weighted by Crippen LogP contribution is 2.28. The Morgan fingerprint density at radius 1 is 1.26 bits per heavy atom. The van der Waals surface area contributed by atoms with E-state index >= 15 is 0 Å². The molecule has 2 heterocycles. The minimum atomic E-state index is -0.145. The van der Waals surface area contributed by atoms with Crippen LogP contribution >= 0.6 is 0 Å². The quantitative estimate of drug-likeness (QED) is 0.891. The molecule has 2 aromatic rings. The van der Waals surface area contributed by atoms with Crippen LogP contribution in [0.15, 0.2) is 36.7 Å². The fourth-order valence-electron chi connectivity index (χ4n) is 2.95. The summed E-state index contributed by atoms with van der Waals surface area (Å²) < 4.78 is 1.98. The van der Waals surface area contributed by atoms with E-state index in [0.29, 0.717) is 6.04 Å².